The second kappa shape index (κ2) is 10.9. The first-order valence-corrected chi connectivity index (χ1v) is 13.9. The number of rotatable bonds is 5. The zero-order valence-electron chi connectivity index (χ0n) is 23.6. The molecule has 2 fully saturated rings. The first-order chi connectivity index (χ1) is 19.8. The summed E-state index contributed by atoms with van der Waals surface area (Å²) in [5, 5.41) is 10.3. The quantitative estimate of drug-likeness (QED) is 0.334. The number of carboxylic acids is 1. The van der Waals surface area contributed by atoms with E-state index in [9.17, 15) is 19.5 Å². The maximum absolute atomic E-state index is 13.6. The number of carbonyl (C=O) groups is 3. The van der Waals surface area contributed by atoms with Crippen LogP contribution in [-0.4, -0.2) is 92.6 Å². The molecular weight excluding hydrogens is 545 g/mol. The van der Waals surface area contributed by atoms with Gasteiger partial charge in [0.15, 0.2) is 5.78 Å². The molecule has 1 N–H and O–H groups in total. The Bertz CT molecular complexity index is 1740. The zero-order valence-corrected chi connectivity index (χ0v) is 25.6. The molecule has 0 bridgehead atoms. The molecule has 1 saturated carbocycles. The predicted molar refractivity (Wildman–Crippen MR) is 157 cm³/mol. The van der Waals surface area contributed by atoms with E-state index in [0.717, 1.165) is 29.3 Å². The van der Waals surface area contributed by atoms with Crippen molar-refractivity contribution in [3.8, 4) is 22.6 Å². The summed E-state index contributed by atoms with van der Waals surface area (Å²) in [7, 11) is 1.63. The van der Waals surface area contributed by atoms with Crippen molar-refractivity contribution in [2.75, 3.05) is 20.2 Å². The monoisotopic (exact) mass is 574 g/mol. The number of amides is 1. The predicted octanol–water partition coefficient (Wildman–Crippen LogP) is 5.00. The van der Waals surface area contributed by atoms with Crippen LogP contribution in [0.2, 0.25) is 0 Å². The number of pyridine rings is 1. The van der Waals surface area contributed by atoms with E-state index in [1.54, 1.807) is 25.3 Å². The SMILES string of the molecule is COc1cc(C(=O)N2CCC3(CC2)CC(=O)c2cc(-c4ccnc(C(=O)O)c4)ccc2O3)cc2c1ccn2C1CC1.[Na]. The standard InChI is InChI=1S/C32H29N3O6.Na/c1-40-29-17-21(16-26-23(29)7-11-35(26)22-3-4-22)30(37)34-12-8-32(9-13-34)18-27(36)24-14-19(2-5-28(24)41-32)20-6-10-33-25(15-20)31(38)39;/h2,5-7,10-11,14-17,22H,3-4,8-9,12-13,18H2,1H3,(H,38,39);. The Morgan fingerprint density at radius 3 is 2.52 bits per heavy atom. The van der Waals surface area contributed by atoms with E-state index >= 15 is 0 Å². The van der Waals surface area contributed by atoms with Crippen LogP contribution in [0.15, 0.2) is 60.9 Å². The first-order valence-electron chi connectivity index (χ1n) is 13.9. The van der Waals surface area contributed by atoms with Crippen LogP contribution in [0, 0.1) is 0 Å². The van der Waals surface area contributed by atoms with Crippen molar-refractivity contribution in [3.05, 3.63) is 77.7 Å². The number of Topliss-reactive ketones (excluding diaryl/α,β-unsaturated/α-hetero) is 1. The molecule has 42 heavy (non-hydrogen) atoms. The average Bonchev–Trinajstić information content (AvgIpc) is 3.74. The summed E-state index contributed by atoms with van der Waals surface area (Å²) < 4.78 is 14.3. The van der Waals surface area contributed by atoms with Gasteiger partial charge in [-0.3, -0.25) is 9.59 Å². The number of piperidine rings is 1. The van der Waals surface area contributed by atoms with Crippen LogP contribution in [0.1, 0.15) is 69.4 Å². The van der Waals surface area contributed by atoms with E-state index in [1.807, 2.05) is 29.2 Å². The zero-order chi connectivity index (χ0) is 28.3. The number of nitrogens with zero attached hydrogens (tertiary/aromatic N) is 3. The Hall–Kier alpha value is -3.66. The van der Waals surface area contributed by atoms with E-state index in [-0.39, 0.29) is 53.4 Å². The summed E-state index contributed by atoms with van der Waals surface area (Å²) in [6.45, 7) is 0.969. The minimum absolute atomic E-state index is 0. The van der Waals surface area contributed by atoms with Gasteiger partial charge in [0.2, 0.25) is 0 Å². The van der Waals surface area contributed by atoms with Gasteiger partial charge in [-0.25, -0.2) is 9.78 Å². The summed E-state index contributed by atoms with van der Waals surface area (Å²) in [6.07, 6.45) is 7.16. The van der Waals surface area contributed by atoms with Crippen molar-refractivity contribution in [1.82, 2.24) is 14.5 Å². The van der Waals surface area contributed by atoms with Crippen molar-refractivity contribution >= 4 is 58.1 Å². The van der Waals surface area contributed by atoms with Crippen LogP contribution in [0.3, 0.4) is 0 Å². The molecule has 0 unspecified atom stereocenters. The number of hydrogen-bond donors (Lipinski definition) is 1. The largest absolute Gasteiger partial charge is 0.496 e. The third-order valence-electron chi connectivity index (χ3n) is 8.57. The fraction of sp³-hybridized carbons (Fsp3) is 0.312. The molecule has 7 rings (SSSR count). The van der Waals surface area contributed by atoms with Crippen LogP contribution < -0.4 is 9.47 Å². The van der Waals surface area contributed by atoms with Gasteiger partial charge in [-0.2, -0.15) is 0 Å². The normalized spacial score (nSPS) is 17.4. The number of ether oxygens (including phenoxy) is 2. The van der Waals surface area contributed by atoms with Crippen molar-refractivity contribution in [2.45, 2.75) is 43.7 Å². The summed E-state index contributed by atoms with van der Waals surface area (Å²) in [5.41, 5.74) is 2.79. The molecule has 2 aromatic heterocycles. The molecule has 1 aliphatic carbocycles. The molecule has 4 heterocycles. The molecule has 2 aromatic carbocycles. The molecule has 0 atom stereocenters. The summed E-state index contributed by atoms with van der Waals surface area (Å²) in [6, 6.07) is 14.9. The molecule has 209 valence electrons. The molecule has 1 amide bonds. The summed E-state index contributed by atoms with van der Waals surface area (Å²) >= 11 is 0. The van der Waals surface area contributed by atoms with Gasteiger partial charge in [-0.1, -0.05) is 6.07 Å². The Balaban J connectivity index is 0.00000316. The maximum Gasteiger partial charge on any atom is 0.354 e. The number of benzene rings is 2. The van der Waals surface area contributed by atoms with Crippen LogP contribution in [0.25, 0.3) is 22.0 Å². The van der Waals surface area contributed by atoms with Gasteiger partial charge in [-0.05, 0) is 66.4 Å². The maximum atomic E-state index is 13.6. The number of carboxylic acid groups (broad SMARTS) is 1. The van der Waals surface area contributed by atoms with Gasteiger partial charge in [0.1, 0.15) is 22.8 Å². The fourth-order valence-electron chi connectivity index (χ4n) is 6.17. The number of hydrogen-bond acceptors (Lipinski definition) is 6. The van der Waals surface area contributed by atoms with Gasteiger partial charge in [-0.15, -0.1) is 0 Å². The van der Waals surface area contributed by atoms with Gasteiger partial charge < -0.3 is 24.0 Å². The van der Waals surface area contributed by atoms with Gasteiger partial charge in [0, 0.05) is 84.9 Å². The number of aromatic nitrogens is 2. The Morgan fingerprint density at radius 1 is 1.05 bits per heavy atom. The molecule has 2 aliphatic heterocycles. The third-order valence-corrected chi connectivity index (χ3v) is 8.57. The Morgan fingerprint density at radius 2 is 1.81 bits per heavy atom. The van der Waals surface area contributed by atoms with Gasteiger partial charge in [0.25, 0.3) is 5.91 Å². The van der Waals surface area contributed by atoms with E-state index in [2.05, 4.69) is 15.7 Å². The molecule has 1 spiro atoms. The fourth-order valence-corrected chi connectivity index (χ4v) is 6.17. The average molecular weight is 575 g/mol. The van der Waals surface area contributed by atoms with Gasteiger partial charge in [0.05, 0.1) is 24.6 Å². The number of methoxy groups -OCH3 is 1. The number of carbonyl (C=O) groups excluding carboxylic acids is 2. The first kappa shape index (κ1) is 28.5. The Kier molecular flexibility index (Phi) is 7.37. The minimum atomic E-state index is -1.11. The summed E-state index contributed by atoms with van der Waals surface area (Å²) in [5.74, 6) is 0.0454. The number of fused-ring (bicyclic) bond motifs is 2. The van der Waals surface area contributed by atoms with Crippen LogP contribution in [0.5, 0.6) is 11.5 Å². The molecule has 3 aliphatic rings. The number of aromatic carboxylic acids is 1. The minimum Gasteiger partial charge on any atom is -0.496 e. The van der Waals surface area contributed by atoms with E-state index in [1.165, 1.54) is 12.3 Å². The van der Waals surface area contributed by atoms with Crippen LogP contribution in [-0.2, 0) is 0 Å². The molecule has 4 aromatic rings. The second-order valence-corrected chi connectivity index (χ2v) is 11.2. The molecule has 1 saturated heterocycles. The number of ketones is 1. The van der Waals surface area contributed by atoms with Crippen molar-refractivity contribution in [3.63, 3.8) is 0 Å². The van der Waals surface area contributed by atoms with E-state index in [0.29, 0.717) is 60.2 Å². The van der Waals surface area contributed by atoms with E-state index in [4.69, 9.17) is 9.47 Å². The van der Waals surface area contributed by atoms with Crippen LogP contribution >= 0.6 is 0 Å². The van der Waals surface area contributed by atoms with Crippen molar-refractivity contribution in [1.29, 1.82) is 0 Å². The topological polar surface area (TPSA) is 111 Å². The molecule has 1 radical (unpaired) electrons. The molecular formula is C32H29N3NaO6. The molecule has 9 nitrogen and oxygen atoms in total. The van der Waals surface area contributed by atoms with Crippen molar-refractivity contribution in [2.24, 2.45) is 0 Å². The van der Waals surface area contributed by atoms with Crippen LogP contribution in [0.4, 0.5) is 0 Å². The second-order valence-electron chi connectivity index (χ2n) is 11.2. The van der Waals surface area contributed by atoms with Gasteiger partial charge >= 0.3 is 5.97 Å². The smallest absolute Gasteiger partial charge is 0.354 e. The molecule has 10 heteroatoms. The Labute approximate surface area is 264 Å². The summed E-state index contributed by atoms with van der Waals surface area (Å²) in [4.78, 5) is 44.0. The third kappa shape index (κ3) is 4.99. The van der Waals surface area contributed by atoms with E-state index < -0.39 is 11.6 Å². The van der Waals surface area contributed by atoms with Crippen molar-refractivity contribution < 1.29 is 29.0 Å². The number of likely N-dealkylation sites (tertiary alicyclic amines) is 1.